The van der Waals surface area contributed by atoms with Gasteiger partial charge in [0.15, 0.2) is 12.2 Å². The Kier molecular flexibility index (Phi) is 9.97. The third kappa shape index (κ3) is 8.54. The molecule has 0 aromatic heterocycles. The number of aliphatic hydroxyl groups is 1. The van der Waals surface area contributed by atoms with Crippen LogP contribution in [0.3, 0.4) is 0 Å². The van der Waals surface area contributed by atoms with Crippen molar-refractivity contribution in [2.75, 3.05) is 11.9 Å². The molecule has 192 valence electrons. The summed E-state index contributed by atoms with van der Waals surface area (Å²) in [5.41, 5.74) is 0.932. The summed E-state index contributed by atoms with van der Waals surface area (Å²) in [7, 11) is 0. The van der Waals surface area contributed by atoms with Gasteiger partial charge in [-0.15, -0.1) is 0 Å². The summed E-state index contributed by atoms with van der Waals surface area (Å²) in [6, 6.07) is 6.17. The number of anilines is 1. The zero-order valence-corrected chi connectivity index (χ0v) is 19.5. The van der Waals surface area contributed by atoms with Crippen molar-refractivity contribution in [1.82, 2.24) is 0 Å². The topological polar surface area (TPSA) is 173 Å². The van der Waals surface area contributed by atoms with Crippen LogP contribution in [0.5, 0.6) is 0 Å². The molecule has 0 bridgehead atoms. The molecule has 1 amide bonds. The van der Waals surface area contributed by atoms with E-state index in [1.54, 1.807) is 12.1 Å². The fraction of sp³-hybridized carbons (Fsp3) is 0.500. The lowest BCUT2D eigenvalue weighted by Crippen LogP contribution is -2.63. The molecule has 1 heterocycles. The first-order valence-corrected chi connectivity index (χ1v) is 10.5. The second kappa shape index (κ2) is 12.7. The smallest absolute Gasteiger partial charge is 0.414 e. The second-order valence-corrected chi connectivity index (χ2v) is 7.45. The third-order valence-corrected chi connectivity index (χ3v) is 4.55. The molecule has 1 aromatic rings. The summed E-state index contributed by atoms with van der Waals surface area (Å²) in [5.74, 6) is -3.11. The van der Waals surface area contributed by atoms with Crippen molar-refractivity contribution >= 4 is 35.7 Å². The van der Waals surface area contributed by atoms with Crippen molar-refractivity contribution in [3.63, 3.8) is 0 Å². The van der Waals surface area contributed by atoms with E-state index in [9.17, 15) is 24.0 Å². The maximum atomic E-state index is 12.5. The van der Waals surface area contributed by atoms with Crippen LogP contribution in [0.25, 0.3) is 0 Å². The van der Waals surface area contributed by atoms with Gasteiger partial charge in [-0.25, -0.2) is 4.79 Å². The Bertz CT molecular complexity index is 931. The highest BCUT2D eigenvalue weighted by Gasteiger charge is 2.53. The standard InChI is InChI=1S/C22H27NO12/c1-11(25)30-10-17-18(31-12(2)26)19(32-13(3)27)20(33-14(4)28)21(34-17)35-22(29)23-16-7-5-15(9-24)6-8-16/h5-8,17-21,24H,9-10H2,1-4H3,(H,23,29)/t17-,18+,19+,20-,21+/m1/s1. The van der Waals surface area contributed by atoms with Gasteiger partial charge in [-0.3, -0.25) is 24.5 Å². The molecule has 1 aromatic carbocycles. The second-order valence-electron chi connectivity index (χ2n) is 7.45. The van der Waals surface area contributed by atoms with Gasteiger partial charge in [-0.2, -0.15) is 0 Å². The number of carbonyl (C=O) groups excluding carboxylic acids is 5. The van der Waals surface area contributed by atoms with E-state index in [1.165, 1.54) is 12.1 Å². The van der Waals surface area contributed by atoms with Gasteiger partial charge in [0, 0.05) is 33.4 Å². The Balaban J connectivity index is 2.33. The molecule has 2 rings (SSSR count). The van der Waals surface area contributed by atoms with E-state index < -0.39 is 67.3 Å². The molecule has 1 aliphatic heterocycles. The quantitative estimate of drug-likeness (QED) is 0.383. The van der Waals surface area contributed by atoms with Crippen molar-refractivity contribution in [2.45, 2.75) is 65.0 Å². The molecule has 1 aliphatic rings. The van der Waals surface area contributed by atoms with E-state index >= 15 is 0 Å². The Hall–Kier alpha value is -3.71. The maximum absolute atomic E-state index is 12.5. The molecule has 13 nitrogen and oxygen atoms in total. The van der Waals surface area contributed by atoms with E-state index in [0.29, 0.717) is 11.3 Å². The van der Waals surface area contributed by atoms with Gasteiger partial charge in [0.1, 0.15) is 12.7 Å². The fourth-order valence-electron chi connectivity index (χ4n) is 3.23. The van der Waals surface area contributed by atoms with Crippen LogP contribution in [0.2, 0.25) is 0 Å². The van der Waals surface area contributed by atoms with Crippen LogP contribution < -0.4 is 5.32 Å². The largest absolute Gasteiger partial charge is 0.463 e. The predicted octanol–water partition coefficient (Wildman–Crippen LogP) is 0.810. The first kappa shape index (κ1) is 27.5. The maximum Gasteiger partial charge on any atom is 0.414 e. The first-order valence-electron chi connectivity index (χ1n) is 10.5. The van der Waals surface area contributed by atoms with Crippen molar-refractivity contribution < 1.29 is 57.5 Å². The number of benzene rings is 1. The number of amides is 1. The van der Waals surface area contributed by atoms with E-state index in [2.05, 4.69) is 5.32 Å². The normalized spacial score (nSPS) is 23.4. The minimum atomic E-state index is -1.65. The van der Waals surface area contributed by atoms with Crippen molar-refractivity contribution in [2.24, 2.45) is 0 Å². The van der Waals surface area contributed by atoms with Gasteiger partial charge < -0.3 is 33.5 Å². The Morgan fingerprint density at radius 1 is 0.800 bits per heavy atom. The predicted molar refractivity (Wildman–Crippen MR) is 114 cm³/mol. The minimum absolute atomic E-state index is 0.185. The molecule has 0 radical (unpaired) electrons. The number of aliphatic hydroxyl groups excluding tert-OH is 1. The van der Waals surface area contributed by atoms with Gasteiger partial charge >= 0.3 is 30.0 Å². The van der Waals surface area contributed by atoms with Gasteiger partial charge in [0.25, 0.3) is 0 Å². The lowest BCUT2D eigenvalue weighted by molar-refractivity contribution is -0.293. The lowest BCUT2D eigenvalue weighted by Gasteiger charge is -2.43. The Labute approximate surface area is 200 Å². The van der Waals surface area contributed by atoms with Crippen LogP contribution >= 0.6 is 0 Å². The number of esters is 4. The SMILES string of the molecule is CC(=O)OC[C@H]1O[C@@H](OC(=O)Nc2ccc(CO)cc2)[C@H](OC(C)=O)[C@@H](OC(C)=O)[C@H]1OC(C)=O. The van der Waals surface area contributed by atoms with Gasteiger partial charge in [-0.05, 0) is 17.7 Å². The van der Waals surface area contributed by atoms with Crippen molar-refractivity contribution in [3.8, 4) is 0 Å². The van der Waals surface area contributed by atoms with Crippen LogP contribution in [0.1, 0.15) is 33.3 Å². The zero-order chi connectivity index (χ0) is 26.1. The number of nitrogens with one attached hydrogen (secondary N) is 1. The van der Waals surface area contributed by atoms with Gasteiger partial charge in [0.05, 0.1) is 6.61 Å². The highest BCUT2D eigenvalue weighted by molar-refractivity contribution is 5.84. The molecular formula is C22H27NO12. The molecule has 1 fully saturated rings. The molecule has 1 saturated heterocycles. The van der Waals surface area contributed by atoms with E-state index in [-0.39, 0.29) is 6.61 Å². The summed E-state index contributed by atoms with van der Waals surface area (Å²) in [6.45, 7) is 3.73. The molecule has 2 N–H and O–H groups in total. The van der Waals surface area contributed by atoms with Crippen LogP contribution in [-0.4, -0.2) is 72.4 Å². The number of rotatable bonds is 8. The number of hydrogen-bond donors (Lipinski definition) is 2. The highest BCUT2D eigenvalue weighted by atomic mass is 16.8. The summed E-state index contributed by atoms with van der Waals surface area (Å²) in [6.07, 6.45) is -8.28. The van der Waals surface area contributed by atoms with Crippen molar-refractivity contribution in [3.05, 3.63) is 29.8 Å². The minimum Gasteiger partial charge on any atom is -0.463 e. The van der Waals surface area contributed by atoms with Crippen LogP contribution in [0.4, 0.5) is 10.5 Å². The molecule has 35 heavy (non-hydrogen) atoms. The third-order valence-electron chi connectivity index (χ3n) is 4.55. The van der Waals surface area contributed by atoms with Gasteiger partial charge in [0.2, 0.25) is 12.4 Å². The van der Waals surface area contributed by atoms with Crippen molar-refractivity contribution in [1.29, 1.82) is 0 Å². The summed E-state index contributed by atoms with van der Waals surface area (Å²) < 4.78 is 31.6. The molecule has 13 heteroatoms. The number of carbonyl (C=O) groups is 5. The fourth-order valence-corrected chi connectivity index (χ4v) is 3.23. The number of hydrogen-bond acceptors (Lipinski definition) is 12. The molecule has 0 spiro atoms. The first-order chi connectivity index (χ1) is 16.5. The summed E-state index contributed by atoms with van der Waals surface area (Å²) >= 11 is 0. The van der Waals surface area contributed by atoms with Crippen LogP contribution in [0, 0.1) is 0 Å². The molecule has 0 unspecified atom stereocenters. The Morgan fingerprint density at radius 2 is 1.34 bits per heavy atom. The van der Waals surface area contributed by atoms with E-state index in [0.717, 1.165) is 27.7 Å². The average molecular weight is 497 g/mol. The lowest BCUT2D eigenvalue weighted by atomic mass is 9.98. The molecule has 5 atom stereocenters. The molecule has 0 aliphatic carbocycles. The summed E-state index contributed by atoms with van der Waals surface area (Å²) in [5, 5.41) is 11.6. The van der Waals surface area contributed by atoms with E-state index in [1.807, 2.05) is 0 Å². The summed E-state index contributed by atoms with van der Waals surface area (Å²) in [4.78, 5) is 59.2. The Morgan fingerprint density at radius 3 is 1.86 bits per heavy atom. The van der Waals surface area contributed by atoms with Crippen LogP contribution in [0.15, 0.2) is 24.3 Å². The highest BCUT2D eigenvalue weighted by Crippen LogP contribution is 2.30. The molecule has 0 saturated carbocycles. The average Bonchev–Trinajstić information content (AvgIpc) is 2.76. The van der Waals surface area contributed by atoms with Gasteiger partial charge in [-0.1, -0.05) is 12.1 Å². The number of ether oxygens (including phenoxy) is 6. The zero-order valence-electron chi connectivity index (χ0n) is 19.5. The molecular weight excluding hydrogens is 470 g/mol. The monoisotopic (exact) mass is 497 g/mol. The van der Waals surface area contributed by atoms with E-state index in [4.69, 9.17) is 33.5 Å². The van der Waals surface area contributed by atoms with Crippen LogP contribution in [-0.2, 0) is 54.2 Å².